The Morgan fingerprint density at radius 3 is 2.27 bits per heavy atom. The van der Waals surface area contributed by atoms with Crippen molar-refractivity contribution < 1.29 is 14.3 Å². The predicted molar refractivity (Wildman–Crippen MR) is 120 cm³/mol. The van der Waals surface area contributed by atoms with Crippen LogP contribution < -0.4 is 15.4 Å². The monoisotopic (exact) mass is 409 g/mol. The number of hydrogen-bond acceptors (Lipinski definition) is 4. The molecule has 1 heterocycles. The van der Waals surface area contributed by atoms with Gasteiger partial charge in [0.15, 0.2) is 0 Å². The van der Waals surface area contributed by atoms with Crippen LogP contribution in [0.5, 0.6) is 5.75 Å². The van der Waals surface area contributed by atoms with Crippen LogP contribution >= 0.6 is 0 Å². The summed E-state index contributed by atoms with van der Waals surface area (Å²) >= 11 is 0. The van der Waals surface area contributed by atoms with Gasteiger partial charge in [-0.15, -0.1) is 0 Å². The molecule has 1 saturated heterocycles. The minimum atomic E-state index is -0.248. The average Bonchev–Trinajstić information content (AvgIpc) is 2.76. The topological polar surface area (TPSA) is 70.7 Å². The van der Waals surface area contributed by atoms with E-state index >= 15 is 0 Å². The lowest BCUT2D eigenvalue weighted by Crippen LogP contribution is -2.47. The quantitative estimate of drug-likeness (QED) is 0.757. The van der Waals surface area contributed by atoms with Crippen LogP contribution in [0.1, 0.15) is 30.9 Å². The lowest BCUT2D eigenvalue weighted by Gasteiger charge is -2.35. The number of methoxy groups -OCH3 is 1. The standard InChI is InChI=1S/C24H31N3O3/c1-16-8-7-9-17(2)22(16)26-23(28)18(3)27-14-12-19(13-15-27)24(29)25-20-10-5-6-11-21(20)30-4/h5-11,18-19H,12-15H2,1-4H3,(H,25,29)(H,26,28). The molecule has 6 nitrogen and oxygen atoms in total. The van der Waals surface area contributed by atoms with E-state index in [-0.39, 0.29) is 23.8 Å². The summed E-state index contributed by atoms with van der Waals surface area (Å²) in [7, 11) is 1.59. The molecule has 0 spiro atoms. The van der Waals surface area contributed by atoms with E-state index < -0.39 is 0 Å². The molecule has 1 unspecified atom stereocenters. The van der Waals surface area contributed by atoms with E-state index in [1.807, 2.05) is 63.2 Å². The Hall–Kier alpha value is -2.86. The highest BCUT2D eigenvalue weighted by Gasteiger charge is 2.30. The Bertz CT molecular complexity index is 884. The number of carbonyl (C=O) groups is 2. The Kier molecular flexibility index (Phi) is 7.11. The number of piperidine rings is 1. The molecule has 0 aliphatic carbocycles. The van der Waals surface area contributed by atoms with Gasteiger partial charge in [0.2, 0.25) is 11.8 Å². The van der Waals surface area contributed by atoms with Crippen LogP contribution in [-0.2, 0) is 9.59 Å². The number of hydrogen-bond donors (Lipinski definition) is 2. The molecule has 0 bridgehead atoms. The van der Waals surface area contributed by atoms with E-state index in [0.717, 1.165) is 29.7 Å². The number of amides is 2. The number of nitrogens with one attached hydrogen (secondary N) is 2. The summed E-state index contributed by atoms with van der Waals surface area (Å²) in [6.45, 7) is 7.35. The van der Waals surface area contributed by atoms with E-state index in [4.69, 9.17) is 4.74 Å². The molecule has 3 rings (SSSR count). The minimum Gasteiger partial charge on any atom is -0.495 e. The zero-order valence-corrected chi connectivity index (χ0v) is 18.2. The molecule has 2 aromatic carbocycles. The predicted octanol–water partition coefficient (Wildman–Crippen LogP) is 3.99. The zero-order valence-electron chi connectivity index (χ0n) is 18.2. The van der Waals surface area contributed by atoms with Crippen molar-refractivity contribution in [2.75, 3.05) is 30.8 Å². The number of anilines is 2. The van der Waals surface area contributed by atoms with Crippen molar-refractivity contribution in [1.82, 2.24) is 4.90 Å². The third-order valence-corrected chi connectivity index (χ3v) is 5.92. The maximum Gasteiger partial charge on any atom is 0.241 e. The molecule has 160 valence electrons. The van der Waals surface area contributed by atoms with Crippen molar-refractivity contribution in [2.24, 2.45) is 5.92 Å². The molecule has 1 aliphatic rings. The van der Waals surface area contributed by atoms with Gasteiger partial charge in [-0.3, -0.25) is 14.5 Å². The zero-order chi connectivity index (χ0) is 21.7. The number of benzene rings is 2. The molecule has 2 N–H and O–H groups in total. The first-order valence-electron chi connectivity index (χ1n) is 10.5. The summed E-state index contributed by atoms with van der Waals surface area (Å²) in [5.41, 5.74) is 3.69. The van der Waals surface area contributed by atoms with Gasteiger partial charge in [-0.05, 0) is 70.0 Å². The second-order valence-electron chi connectivity index (χ2n) is 7.93. The van der Waals surface area contributed by atoms with E-state index in [1.54, 1.807) is 7.11 Å². The van der Waals surface area contributed by atoms with Crippen LogP contribution in [0, 0.1) is 19.8 Å². The maximum absolute atomic E-state index is 12.8. The molecule has 0 radical (unpaired) electrons. The molecule has 30 heavy (non-hydrogen) atoms. The lowest BCUT2D eigenvalue weighted by molar-refractivity contribution is -0.123. The molecule has 0 saturated carbocycles. The first-order chi connectivity index (χ1) is 14.4. The first kappa shape index (κ1) is 21.8. The number of ether oxygens (including phenoxy) is 1. The molecule has 2 amide bonds. The normalized spacial score (nSPS) is 16.0. The summed E-state index contributed by atoms with van der Waals surface area (Å²) in [4.78, 5) is 27.6. The van der Waals surface area contributed by atoms with Crippen molar-refractivity contribution in [3.63, 3.8) is 0 Å². The molecular formula is C24H31N3O3. The SMILES string of the molecule is COc1ccccc1NC(=O)C1CCN(C(C)C(=O)Nc2c(C)cccc2C)CC1. The fourth-order valence-corrected chi connectivity index (χ4v) is 3.94. The van der Waals surface area contributed by atoms with Crippen LogP contribution in [0.4, 0.5) is 11.4 Å². The van der Waals surface area contributed by atoms with Crippen molar-refractivity contribution in [3.8, 4) is 5.75 Å². The van der Waals surface area contributed by atoms with Gasteiger partial charge >= 0.3 is 0 Å². The van der Waals surface area contributed by atoms with Gasteiger partial charge < -0.3 is 15.4 Å². The Balaban J connectivity index is 1.54. The highest BCUT2D eigenvalue weighted by Crippen LogP contribution is 2.26. The van der Waals surface area contributed by atoms with Crippen molar-refractivity contribution >= 4 is 23.2 Å². The maximum atomic E-state index is 12.8. The smallest absolute Gasteiger partial charge is 0.241 e. The summed E-state index contributed by atoms with van der Waals surface area (Å²) in [5, 5.41) is 6.06. The molecule has 0 aromatic heterocycles. The molecule has 1 fully saturated rings. The number of rotatable bonds is 6. The van der Waals surface area contributed by atoms with Gasteiger partial charge in [0.1, 0.15) is 5.75 Å². The molecule has 2 aromatic rings. The van der Waals surface area contributed by atoms with Crippen LogP contribution in [0.3, 0.4) is 0 Å². The summed E-state index contributed by atoms with van der Waals surface area (Å²) < 4.78 is 5.31. The van der Waals surface area contributed by atoms with Crippen molar-refractivity contribution in [1.29, 1.82) is 0 Å². The third kappa shape index (κ3) is 5.00. The fraction of sp³-hybridized carbons (Fsp3) is 0.417. The van der Waals surface area contributed by atoms with E-state index in [1.165, 1.54) is 0 Å². The number of para-hydroxylation sites is 3. The van der Waals surface area contributed by atoms with E-state index in [2.05, 4.69) is 15.5 Å². The van der Waals surface area contributed by atoms with Crippen LogP contribution in [-0.4, -0.2) is 43.0 Å². The Labute approximate surface area is 178 Å². The summed E-state index contributed by atoms with van der Waals surface area (Å²) in [6, 6.07) is 13.2. The second kappa shape index (κ2) is 9.76. The van der Waals surface area contributed by atoms with E-state index in [0.29, 0.717) is 24.5 Å². The minimum absolute atomic E-state index is 0.00629. The number of carbonyl (C=O) groups excluding carboxylic acids is 2. The fourth-order valence-electron chi connectivity index (χ4n) is 3.94. The van der Waals surface area contributed by atoms with Gasteiger partial charge in [0, 0.05) is 11.6 Å². The number of nitrogens with zero attached hydrogens (tertiary/aromatic N) is 1. The van der Waals surface area contributed by atoms with Crippen LogP contribution in [0.25, 0.3) is 0 Å². The highest BCUT2D eigenvalue weighted by atomic mass is 16.5. The van der Waals surface area contributed by atoms with Gasteiger partial charge in [0.25, 0.3) is 0 Å². The molecule has 1 atom stereocenters. The van der Waals surface area contributed by atoms with Gasteiger partial charge in [0.05, 0.1) is 18.8 Å². The Morgan fingerprint density at radius 2 is 1.63 bits per heavy atom. The van der Waals surface area contributed by atoms with Crippen molar-refractivity contribution in [3.05, 3.63) is 53.6 Å². The lowest BCUT2D eigenvalue weighted by atomic mass is 9.94. The van der Waals surface area contributed by atoms with Gasteiger partial charge in [-0.1, -0.05) is 30.3 Å². The summed E-state index contributed by atoms with van der Waals surface area (Å²) in [6.07, 6.45) is 1.45. The summed E-state index contributed by atoms with van der Waals surface area (Å²) in [5.74, 6) is 0.580. The molecular weight excluding hydrogens is 378 g/mol. The van der Waals surface area contributed by atoms with Crippen LogP contribution in [0.15, 0.2) is 42.5 Å². The second-order valence-corrected chi connectivity index (χ2v) is 7.93. The van der Waals surface area contributed by atoms with Crippen molar-refractivity contribution in [2.45, 2.75) is 39.7 Å². The van der Waals surface area contributed by atoms with Gasteiger partial charge in [-0.25, -0.2) is 0 Å². The largest absolute Gasteiger partial charge is 0.495 e. The first-order valence-corrected chi connectivity index (χ1v) is 10.5. The number of aryl methyl sites for hydroxylation is 2. The molecule has 6 heteroatoms. The molecule has 1 aliphatic heterocycles. The van der Waals surface area contributed by atoms with Gasteiger partial charge in [-0.2, -0.15) is 0 Å². The van der Waals surface area contributed by atoms with Crippen LogP contribution in [0.2, 0.25) is 0 Å². The highest BCUT2D eigenvalue weighted by molar-refractivity contribution is 5.96. The Morgan fingerprint density at radius 1 is 1.00 bits per heavy atom. The number of likely N-dealkylation sites (tertiary alicyclic amines) is 1. The van der Waals surface area contributed by atoms with E-state index in [9.17, 15) is 9.59 Å². The third-order valence-electron chi connectivity index (χ3n) is 5.92. The average molecular weight is 410 g/mol.